The lowest BCUT2D eigenvalue weighted by Gasteiger charge is -2.11. The zero-order chi connectivity index (χ0) is 19.9. The van der Waals surface area contributed by atoms with Gasteiger partial charge in [0.1, 0.15) is 0 Å². The van der Waals surface area contributed by atoms with Gasteiger partial charge in [0.25, 0.3) is 15.7 Å². The molecule has 0 fully saturated rings. The van der Waals surface area contributed by atoms with E-state index in [1.807, 2.05) is 13.8 Å². The van der Waals surface area contributed by atoms with Crippen molar-refractivity contribution < 1.29 is 13.3 Å². The maximum Gasteiger partial charge on any atom is 0.308 e. The lowest BCUT2D eigenvalue weighted by Crippen LogP contribution is -2.15. The molecule has 2 aromatic carbocycles. The summed E-state index contributed by atoms with van der Waals surface area (Å²) in [7, 11) is -4.02. The molecule has 0 aliphatic carbocycles. The van der Waals surface area contributed by atoms with E-state index in [4.69, 9.17) is 0 Å². The van der Waals surface area contributed by atoms with Crippen LogP contribution >= 0.6 is 11.3 Å². The fourth-order valence-electron chi connectivity index (χ4n) is 2.79. The highest BCUT2D eigenvalue weighted by molar-refractivity contribution is 7.92. The van der Waals surface area contributed by atoms with E-state index in [2.05, 4.69) is 4.72 Å². The minimum absolute atomic E-state index is 0.0127. The molecule has 142 valence electrons. The van der Waals surface area contributed by atoms with E-state index in [1.54, 1.807) is 29.7 Å². The average molecular weight is 407 g/mol. The number of non-ortho nitro benzene ring substituents is 1. The molecule has 0 bridgehead atoms. The first kappa shape index (κ1) is 19.1. The Hall–Kier alpha value is -2.72. The van der Waals surface area contributed by atoms with E-state index in [-0.39, 0.29) is 27.2 Å². The topological polar surface area (TPSA) is 111 Å². The van der Waals surface area contributed by atoms with Gasteiger partial charge in [0, 0.05) is 18.2 Å². The summed E-state index contributed by atoms with van der Waals surface area (Å²) in [5, 5.41) is 10.9. The highest BCUT2D eigenvalue weighted by atomic mass is 32.2. The van der Waals surface area contributed by atoms with Crippen LogP contribution in [0.3, 0.4) is 0 Å². The zero-order valence-corrected chi connectivity index (χ0v) is 16.4. The van der Waals surface area contributed by atoms with Crippen molar-refractivity contribution in [3.8, 4) is 0 Å². The van der Waals surface area contributed by atoms with Crippen molar-refractivity contribution in [1.29, 1.82) is 0 Å². The van der Waals surface area contributed by atoms with Gasteiger partial charge in [0.05, 0.1) is 25.7 Å². The molecule has 8 nitrogen and oxygen atoms in total. The number of anilines is 1. The number of nitrogens with one attached hydrogen (secondary N) is 1. The van der Waals surface area contributed by atoms with Gasteiger partial charge in [-0.3, -0.25) is 24.2 Å². The van der Waals surface area contributed by atoms with Crippen LogP contribution in [0, 0.1) is 17.0 Å². The van der Waals surface area contributed by atoms with Gasteiger partial charge in [-0.05, 0) is 44.5 Å². The summed E-state index contributed by atoms with van der Waals surface area (Å²) in [6, 6.07) is 8.51. The summed E-state index contributed by atoms with van der Waals surface area (Å²) in [5.74, 6) is 0. The maximum atomic E-state index is 12.7. The van der Waals surface area contributed by atoms with Crippen LogP contribution in [0.2, 0.25) is 0 Å². The van der Waals surface area contributed by atoms with Gasteiger partial charge in [-0.2, -0.15) is 0 Å². The number of aryl methyl sites for hydroxylation is 1. The molecule has 0 radical (unpaired) electrons. The Morgan fingerprint density at radius 2 is 1.89 bits per heavy atom. The summed E-state index contributed by atoms with van der Waals surface area (Å²) >= 11 is 1.04. The Labute approximate surface area is 159 Å². The molecule has 0 unspecified atom stereocenters. The largest absolute Gasteiger partial charge is 0.308 e. The molecule has 0 atom stereocenters. The normalized spacial score (nSPS) is 11.9. The van der Waals surface area contributed by atoms with E-state index in [0.717, 1.165) is 22.9 Å². The third kappa shape index (κ3) is 3.58. The number of nitrogens with zero attached hydrogens (tertiary/aromatic N) is 2. The average Bonchev–Trinajstić information content (AvgIpc) is 2.89. The Morgan fingerprint density at radius 1 is 1.19 bits per heavy atom. The van der Waals surface area contributed by atoms with Crippen LogP contribution in [-0.4, -0.2) is 17.9 Å². The smallest absolute Gasteiger partial charge is 0.296 e. The quantitative estimate of drug-likeness (QED) is 0.512. The van der Waals surface area contributed by atoms with E-state index in [9.17, 15) is 23.3 Å². The Kier molecular flexibility index (Phi) is 4.79. The fourth-order valence-corrected chi connectivity index (χ4v) is 5.16. The van der Waals surface area contributed by atoms with Gasteiger partial charge in [-0.25, -0.2) is 8.42 Å². The van der Waals surface area contributed by atoms with Crippen molar-refractivity contribution in [1.82, 2.24) is 4.57 Å². The van der Waals surface area contributed by atoms with Crippen molar-refractivity contribution in [2.75, 3.05) is 4.72 Å². The van der Waals surface area contributed by atoms with Crippen molar-refractivity contribution >= 4 is 43.0 Å². The molecule has 0 amide bonds. The number of sulfonamides is 1. The molecule has 3 rings (SSSR count). The molecular weight excluding hydrogens is 390 g/mol. The lowest BCUT2D eigenvalue weighted by molar-refractivity contribution is -0.385. The number of aromatic nitrogens is 1. The maximum absolute atomic E-state index is 12.7. The molecule has 27 heavy (non-hydrogen) atoms. The Balaban J connectivity index is 2.03. The lowest BCUT2D eigenvalue weighted by atomic mass is 10.2. The molecule has 3 aromatic rings. The molecule has 1 heterocycles. The van der Waals surface area contributed by atoms with E-state index in [0.29, 0.717) is 10.3 Å². The van der Waals surface area contributed by atoms with Crippen LogP contribution in [-0.2, 0) is 10.0 Å². The fraction of sp³-hybridized carbons (Fsp3) is 0.235. The second-order valence-corrected chi connectivity index (χ2v) is 8.97. The van der Waals surface area contributed by atoms with Gasteiger partial charge in [0.15, 0.2) is 0 Å². The van der Waals surface area contributed by atoms with Crippen LogP contribution < -0.4 is 9.60 Å². The van der Waals surface area contributed by atoms with Crippen LogP contribution in [0.1, 0.15) is 25.5 Å². The Morgan fingerprint density at radius 3 is 2.52 bits per heavy atom. The number of hydrogen-bond donors (Lipinski definition) is 1. The van der Waals surface area contributed by atoms with Crippen molar-refractivity contribution in [3.63, 3.8) is 0 Å². The second-order valence-electron chi connectivity index (χ2n) is 6.33. The van der Waals surface area contributed by atoms with Gasteiger partial charge < -0.3 is 0 Å². The van der Waals surface area contributed by atoms with Crippen LogP contribution in [0.15, 0.2) is 46.1 Å². The SMILES string of the molecule is Cc1ccc([N+](=O)[O-])cc1S(=O)(=O)Nc1ccc2c(c1)sc(=O)n2C(C)C. The number of thiazole rings is 1. The third-order valence-corrected chi connectivity index (χ3v) is 6.50. The molecule has 1 N–H and O–H groups in total. The summed E-state index contributed by atoms with van der Waals surface area (Å²) in [6.07, 6.45) is 0. The number of nitro groups is 1. The second kappa shape index (κ2) is 6.78. The predicted molar refractivity (Wildman–Crippen MR) is 105 cm³/mol. The number of fused-ring (bicyclic) bond motifs is 1. The first-order chi connectivity index (χ1) is 12.6. The van der Waals surface area contributed by atoms with Crippen LogP contribution in [0.4, 0.5) is 11.4 Å². The number of benzene rings is 2. The summed E-state index contributed by atoms with van der Waals surface area (Å²) in [5.41, 5.74) is 1.11. The molecular formula is C17H17N3O5S2. The van der Waals surface area contributed by atoms with Crippen molar-refractivity contribution in [3.05, 3.63) is 61.7 Å². The molecule has 0 aliphatic heterocycles. The molecule has 0 spiro atoms. The van der Waals surface area contributed by atoms with Crippen molar-refractivity contribution in [2.45, 2.75) is 31.7 Å². The van der Waals surface area contributed by atoms with Crippen molar-refractivity contribution in [2.24, 2.45) is 0 Å². The Bertz CT molecular complexity index is 1210. The van der Waals surface area contributed by atoms with Gasteiger partial charge in [0.2, 0.25) is 0 Å². The van der Waals surface area contributed by atoms with Crippen LogP contribution in [0.25, 0.3) is 10.2 Å². The van der Waals surface area contributed by atoms with E-state index in [1.165, 1.54) is 12.1 Å². The minimum atomic E-state index is -4.02. The predicted octanol–water partition coefficient (Wildman–Crippen LogP) is 3.66. The summed E-state index contributed by atoms with van der Waals surface area (Å²) in [6.45, 7) is 5.36. The number of hydrogen-bond acceptors (Lipinski definition) is 6. The van der Waals surface area contributed by atoms with E-state index >= 15 is 0 Å². The van der Waals surface area contributed by atoms with Gasteiger partial charge in [-0.15, -0.1) is 0 Å². The van der Waals surface area contributed by atoms with Gasteiger partial charge >= 0.3 is 4.87 Å². The molecule has 0 aliphatic rings. The first-order valence-electron chi connectivity index (χ1n) is 8.03. The standard InChI is InChI=1S/C17H17N3O5S2/c1-10(2)19-14-7-5-12(8-15(14)26-17(19)21)18-27(24,25)16-9-13(20(22)23)6-4-11(16)3/h4-10,18H,1-3H3. The molecule has 10 heteroatoms. The van der Waals surface area contributed by atoms with Crippen LogP contribution in [0.5, 0.6) is 0 Å². The zero-order valence-electron chi connectivity index (χ0n) is 14.8. The third-order valence-electron chi connectivity index (χ3n) is 4.05. The summed E-state index contributed by atoms with van der Waals surface area (Å²) < 4.78 is 30.2. The highest BCUT2D eigenvalue weighted by Gasteiger charge is 2.21. The molecule has 0 saturated heterocycles. The first-order valence-corrected chi connectivity index (χ1v) is 10.3. The number of nitro benzene ring substituents is 1. The molecule has 0 saturated carbocycles. The number of rotatable bonds is 5. The van der Waals surface area contributed by atoms with Gasteiger partial charge in [-0.1, -0.05) is 17.4 Å². The van der Waals surface area contributed by atoms with E-state index < -0.39 is 14.9 Å². The minimum Gasteiger partial charge on any atom is -0.296 e. The monoisotopic (exact) mass is 407 g/mol. The summed E-state index contributed by atoms with van der Waals surface area (Å²) in [4.78, 5) is 22.1. The highest BCUT2D eigenvalue weighted by Crippen LogP contribution is 2.27. The molecule has 1 aromatic heterocycles.